The molecule has 0 heterocycles. The van der Waals surface area contributed by atoms with Crippen LogP contribution in [0.3, 0.4) is 0 Å². The molecule has 0 saturated carbocycles. The van der Waals surface area contributed by atoms with E-state index in [2.05, 4.69) is 5.32 Å². The average Bonchev–Trinajstić information content (AvgIpc) is 2.39. The molecular formula is C13H8Cl3FN2O. The second-order valence-electron chi connectivity index (χ2n) is 3.90. The van der Waals surface area contributed by atoms with E-state index < -0.39 is 11.7 Å². The molecular weight excluding hydrogens is 326 g/mol. The number of rotatable bonds is 2. The first-order valence-corrected chi connectivity index (χ1v) is 6.53. The molecule has 2 aromatic carbocycles. The van der Waals surface area contributed by atoms with Gasteiger partial charge in [-0.15, -0.1) is 0 Å². The van der Waals surface area contributed by atoms with Gasteiger partial charge in [-0.2, -0.15) is 0 Å². The van der Waals surface area contributed by atoms with Crippen LogP contribution in [0.2, 0.25) is 15.1 Å². The minimum atomic E-state index is -0.640. The van der Waals surface area contributed by atoms with Crippen LogP contribution in [0.1, 0.15) is 10.4 Å². The Morgan fingerprint density at radius 1 is 1.10 bits per heavy atom. The largest absolute Gasteiger partial charge is 0.396 e. The first-order chi connectivity index (χ1) is 9.40. The van der Waals surface area contributed by atoms with Crippen molar-refractivity contribution in [1.29, 1.82) is 0 Å². The van der Waals surface area contributed by atoms with Crippen LogP contribution in [0.25, 0.3) is 0 Å². The van der Waals surface area contributed by atoms with Crippen LogP contribution in [0.4, 0.5) is 15.8 Å². The standard InChI is InChI=1S/C13H8Cl3FN2O/c14-7-2-1-3-10(17)12(7)19-13(20)6-4-8(15)11(18)9(16)5-6/h1-5H,18H2,(H,19,20). The van der Waals surface area contributed by atoms with Crippen LogP contribution < -0.4 is 11.1 Å². The SMILES string of the molecule is Nc1c(Cl)cc(C(=O)Nc2c(F)cccc2Cl)cc1Cl. The zero-order valence-corrected chi connectivity index (χ0v) is 12.2. The van der Waals surface area contributed by atoms with Gasteiger partial charge in [-0.25, -0.2) is 4.39 Å². The van der Waals surface area contributed by atoms with Gasteiger partial charge in [0, 0.05) is 5.56 Å². The summed E-state index contributed by atoms with van der Waals surface area (Å²) in [6, 6.07) is 6.76. The van der Waals surface area contributed by atoms with Crippen LogP contribution in [0.5, 0.6) is 0 Å². The monoisotopic (exact) mass is 332 g/mol. The Hall–Kier alpha value is -1.49. The van der Waals surface area contributed by atoms with E-state index in [0.717, 1.165) is 0 Å². The van der Waals surface area contributed by atoms with Crippen LogP contribution in [0.15, 0.2) is 30.3 Å². The molecule has 0 aliphatic heterocycles. The summed E-state index contributed by atoms with van der Waals surface area (Å²) in [5.41, 5.74) is 5.79. The molecule has 0 aromatic heterocycles. The summed E-state index contributed by atoms with van der Waals surface area (Å²) in [6.45, 7) is 0. The van der Waals surface area contributed by atoms with E-state index in [1.54, 1.807) is 0 Å². The maximum absolute atomic E-state index is 13.6. The van der Waals surface area contributed by atoms with E-state index in [4.69, 9.17) is 40.5 Å². The molecule has 0 bridgehead atoms. The van der Waals surface area contributed by atoms with Crippen LogP contribution in [-0.2, 0) is 0 Å². The van der Waals surface area contributed by atoms with Gasteiger partial charge >= 0.3 is 0 Å². The molecule has 0 radical (unpaired) electrons. The van der Waals surface area contributed by atoms with Crippen molar-refractivity contribution in [3.05, 3.63) is 56.8 Å². The Morgan fingerprint density at radius 3 is 2.25 bits per heavy atom. The molecule has 3 N–H and O–H groups in total. The fraction of sp³-hybridized carbons (Fsp3) is 0. The minimum absolute atomic E-state index is 0.0889. The third-order valence-electron chi connectivity index (χ3n) is 2.54. The maximum atomic E-state index is 13.6. The zero-order valence-electron chi connectivity index (χ0n) is 9.88. The van der Waals surface area contributed by atoms with Gasteiger partial charge in [0.25, 0.3) is 5.91 Å². The number of carbonyl (C=O) groups is 1. The number of anilines is 2. The van der Waals surface area contributed by atoms with E-state index in [1.165, 1.54) is 30.3 Å². The molecule has 0 atom stereocenters. The molecule has 3 nitrogen and oxygen atoms in total. The molecule has 2 aromatic rings. The summed E-state index contributed by atoms with van der Waals surface area (Å²) in [4.78, 5) is 12.0. The van der Waals surface area contributed by atoms with Crippen molar-refractivity contribution in [2.45, 2.75) is 0 Å². The van der Waals surface area contributed by atoms with Gasteiger partial charge in [0.2, 0.25) is 0 Å². The predicted octanol–water partition coefficient (Wildman–Crippen LogP) is 4.62. The van der Waals surface area contributed by atoms with Crippen molar-refractivity contribution in [2.24, 2.45) is 0 Å². The third kappa shape index (κ3) is 2.98. The van der Waals surface area contributed by atoms with Crippen molar-refractivity contribution < 1.29 is 9.18 Å². The number of hydrogen-bond donors (Lipinski definition) is 2. The van der Waals surface area contributed by atoms with E-state index in [-0.39, 0.29) is 32.0 Å². The van der Waals surface area contributed by atoms with Crippen molar-refractivity contribution in [1.82, 2.24) is 0 Å². The second-order valence-corrected chi connectivity index (χ2v) is 5.13. The Bertz CT molecular complexity index is 648. The smallest absolute Gasteiger partial charge is 0.255 e. The Kier molecular flexibility index (Phi) is 4.38. The van der Waals surface area contributed by atoms with Gasteiger partial charge in [0.05, 0.1) is 26.4 Å². The van der Waals surface area contributed by atoms with Crippen LogP contribution in [-0.4, -0.2) is 5.91 Å². The van der Waals surface area contributed by atoms with Crippen LogP contribution in [0, 0.1) is 5.82 Å². The summed E-state index contributed by atoms with van der Waals surface area (Å²) >= 11 is 17.5. The topological polar surface area (TPSA) is 55.1 Å². The molecule has 1 amide bonds. The third-order valence-corrected chi connectivity index (χ3v) is 3.48. The first kappa shape index (κ1) is 14.9. The van der Waals surface area contributed by atoms with Gasteiger partial charge in [0.1, 0.15) is 5.82 Å². The summed E-state index contributed by atoms with van der Waals surface area (Å²) in [5.74, 6) is -1.24. The summed E-state index contributed by atoms with van der Waals surface area (Å²) in [5, 5.41) is 2.74. The maximum Gasteiger partial charge on any atom is 0.255 e. The van der Waals surface area contributed by atoms with Gasteiger partial charge in [-0.3, -0.25) is 4.79 Å². The highest BCUT2D eigenvalue weighted by molar-refractivity contribution is 6.39. The highest BCUT2D eigenvalue weighted by atomic mass is 35.5. The normalized spacial score (nSPS) is 10.4. The highest BCUT2D eigenvalue weighted by Crippen LogP contribution is 2.30. The average molecular weight is 334 g/mol. The Balaban J connectivity index is 2.34. The molecule has 20 heavy (non-hydrogen) atoms. The number of nitrogens with one attached hydrogen (secondary N) is 1. The molecule has 104 valence electrons. The van der Waals surface area contributed by atoms with Crippen LogP contribution >= 0.6 is 34.8 Å². The summed E-state index contributed by atoms with van der Waals surface area (Å²) < 4.78 is 13.6. The number of hydrogen-bond acceptors (Lipinski definition) is 2. The fourth-order valence-electron chi connectivity index (χ4n) is 1.52. The fourth-order valence-corrected chi connectivity index (χ4v) is 2.22. The molecule has 7 heteroatoms. The number of nitrogens with two attached hydrogens (primary N) is 1. The number of nitrogen functional groups attached to an aromatic ring is 1. The van der Waals surface area contributed by atoms with Gasteiger partial charge in [0.15, 0.2) is 0 Å². The lowest BCUT2D eigenvalue weighted by Gasteiger charge is -2.10. The quantitative estimate of drug-likeness (QED) is 0.788. The van der Waals surface area contributed by atoms with Crippen molar-refractivity contribution in [3.63, 3.8) is 0 Å². The second kappa shape index (κ2) is 5.87. The summed E-state index contributed by atoms with van der Waals surface area (Å²) in [6.07, 6.45) is 0. The minimum Gasteiger partial charge on any atom is -0.396 e. The Morgan fingerprint density at radius 2 is 1.70 bits per heavy atom. The number of halogens is 4. The predicted molar refractivity (Wildman–Crippen MR) is 80.2 cm³/mol. The molecule has 2 rings (SSSR count). The lowest BCUT2D eigenvalue weighted by molar-refractivity contribution is 0.102. The molecule has 0 spiro atoms. The van der Waals surface area contributed by atoms with Gasteiger partial charge in [-0.1, -0.05) is 40.9 Å². The molecule has 0 aliphatic rings. The molecule has 0 saturated heterocycles. The Labute approximate surface area is 129 Å². The molecule has 0 aliphatic carbocycles. The molecule has 0 unspecified atom stereocenters. The van der Waals surface area contributed by atoms with Gasteiger partial charge < -0.3 is 11.1 Å². The van der Waals surface area contributed by atoms with Crippen molar-refractivity contribution >= 4 is 52.1 Å². The highest BCUT2D eigenvalue weighted by Gasteiger charge is 2.15. The van der Waals surface area contributed by atoms with E-state index >= 15 is 0 Å². The first-order valence-electron chi connectivity index (χ1n) is 5.40. The van der Waals surface area contributed by atoms with E-state index in [9.17, 15) is 9.18 Å². The van der Waals surface area contributed by atoms with Crippen molar-refractivity contribution in [2.75, 3.05) is 11.1 Å². The number of para-hydroxylation sites is 1. The number of carbonyl (C=O) groups excluding carboxylic acids is 1. The van der Waals surface area contributed by atoms with E-state index in [0.29, 0.717) is 0 Å². The lowest BCUT2D eigenvalue weighted by Crippen LogP contribution is -2.13. The molecule has 0 fully saturated rings. The summed E-state index contributed by atoms with van der Waals surface area (Å²) in [7, 11) is 0. The zero-order chi connectivity index (χ0) is 14.9. The number of amides is 1. The van der Waals surface area contributed by atoms with Gasteiger partial charge in [-0.05, 0) is 24.3 Å². The van der Waals surface area contributed by atoms with Crippen molar-refractivity contribution in [3.8, 4) is 0 Å². The number of benzene rings is 2. The van der Waals surface area contributed by atoms with E-state index in [1.807, 2.05) is 0 Å². The lowest BCUT2D eigenvalue weighted by atomic mass is 10.2.